The molecule has 0 saturated heterocycles. The lowest BCUT2D eigenvalue weighted by Crippen LogP contribution is -2.42. The van der Waals surface area contributed by atoms with E-state index in [4.69, 9.17) is 33.7 Å². The van der Waals surface area contributed by atoms with Gasteiger partial charge in [-0.2, -0.15) is 5.10 Å². The standard InChI is InChI=1S/C18H18Cl2N4O4/c1-10-13(7-8-15(25)28-11(2)17(26)22-18(21)27)16(20)24(23-10)9-12-5-3-4-6-14(12)19/h3-8,11H,9H2,1-2H3,(H3,21,22,26,27). The number of ether oxygens (including phenoxy) is 1. The first-order valence-electron chi connectivity index (χ1n) is 8.14. The number of carbonyl (C=O) groups excluding carboxylic acids is 3. The third kappa shape index (κ3) is 5.58. The summed E-state index contributed by atoms with van der Waals surface area (Å²) < 4.78 is 6.46. The summed E-state index contributed by atoms with van der Waals surface area (Å²) in [6.07, 6.45) is 1.36. The lowest BCUT2D eigenvalue weighted by Gasteiger charge is -2.10. The first-order chi connectivity index (χ1) is 13.2. The van der Waals surface area contributed by atoms with Gasteiger partial charge in [-0.1, -0.05) is 41.4 Å². The van der Waals surface area contributed by atoms with E-state index < -0.39 is 24.0 Å². The van der Waals surface area contributed by atoms with Crippen LogP contribution in [0.15, 0.2) is 30.3 Å². The summed E-state index contributed by atoms with van der Waals surface area (Å²) in [6, 6.07) is 6.29. The minimum absolute atomic E-state index is 0.320. The largest absolute Gasteiger partial charge is 0.449 e. The fourth-order valence-electron chi connectivity index (χ4n) is 2.29. The maximum Gasteiger partial charge on any atom is 0.331 e. The lowest BCUT2D eigenvalue weighted by molar-refractivity contribution is -0.149. The molecule has 148 valence electrons. The van der Waals surface area contributed by atoms with Crippen molar-refractivity contribution >= 4 is 47.2 Å². The van der Waals surface area contributed by atoms with Crippen LogP contribution >= 0.6 is 23.2 Å². The van der Waals surface area contributed by atoms with E-state index in [1.54, 1.807) is 17.7 Å². The van der Waals surface area contributed by atoms with Gasteiger partial charge in [0.25, 0.3) is 5.91 Å². The Kier molecular flexibility index (Phi) is 7.19. The van der Waals surface area contributed by atoms with E-state index in [1.165, 1.54) is 13.0 Å². The number of halogens is 2. The molecular weight excluding hydrogens is 407 g/mol. The molecule has 0 radical (unpaired) electrons. The number of imide groups is 1. The van der Waals surface area contributed by atoms with Gasteiger partial charge in [-0.25, -0.2) is 14.3 Å². The molecule has 2 rings (SSSR count). The van der Waals surface area contributed by atoms with Gasteiger partial charge in [-0.15, -0.1) is 0 Å². The summed E-state index contributed by atoms with van der Waals surface area (Å²) in [5, 5.41) is 7.09. The Morgan fingerprint density at radius 2 is 2.00 bits per heavy atom. The number of nitrogens with one attached hydrogen (secondary N) is 1. The number of nitrogens with zero attached hydrogens (tertiary/aromatic N) is 2. The zero-order valence-corrected chi connectivity index (χ0v) is 16.6. The number of nitrogens with two attached hydrogens (primary N) is 1. The van der Waals surface area contributed by atoms with Crippen LogP contribution in [-0.2, 0) is 20.9 Å². The van der Waals surface area contributed by atoms with E-state index in [0.717, 1.165) is 11.6 Å². The maximum atomic E-state index is 11.9. The Balaban J connectivity index is 2.08. The molecule has 0 spiro atoms. The van der Waals surface area contributed by atoms with Gasteiger partial charge in [-0.05, 0) is 31.6 Å². The summed E-state index contributed by atoms with van der Waals surface area (Å²) in [6.45, 7) is 3.41. The number of hydrogen-bond acceptors (Lipinski definition) is 5. The molecule has 2 aromatic rings. The van der Waals surface area contributed by atoms with Gasteiger partial charge in [0.05, 0.1) is 12.2 Å². The molecule has 1 aromatic carbocycles. The van der Waals surface area contributed by atoms with Crippen LogP contribution in [0, 0.1) is 6.92 Å². The number of urea groups is 1. The Bertz CT molecular complexity index is 940. The van der Waals surface area contributed by atoms with Crippen LogP contribution in [0.1, 0.15) is 23.7 Å². The molecule has 0 saturated carbocycles. The minimum atomic E-state index is -1.19. The molecule has 10 heteroatoms. The normalized spacial score (nSPS) is 12.0. The Labute approximate surface area is 171 Å². The van der Waals surface area contributed by atoms with Crippen molar-refractivity contribution in [2.75, 3.05) is 0 Å². The van der Waals surface area contributed by atoms with Crippen LogP contribution in [0.4, 0.5) is 4.79 Å². The molecule has 0 fully saturated rings. The monoisotopic (exact) mass is 424 g/mol. The Morgan fingerprint density at radius 1 is 1.32 bits per heavy atom. The smallest absolute Gasteiger partial charge is 0.331 e. The van der Waals surface area contributed by atoms with Crippen molar-refractivity contribution in [2.45, 2.75) is 26.5 Å². The molecule has 1 aromatic heterocycles. The summed E-state index contributed by atoms with van der Waals surface area (Å²) in [5.74, 6) is -1.61. The van der Waals surface area contributed by atoms with E-state index in [9.17, 15) is 14.4 Å². The fraction of sp³-hybridized carbons (Fsp3) is 0.222. The summed E-state index contributed by atoms with van der Waals surface area (Å²) in [7, 11) is 0. The van der Waals surface area contributed by atoms with Crippen LogP contribution in [-0.4, -0.2) is 33.8 Å². The zero-order valence-electron chi connectivity index (χ0n) is 15.1. The predicted octanol–water partition coefficient (Wildman–Crippen LogP) is 2.69. The highest BCUT2D eigenvalue weighted by molar-refractivity contribution is 6.32. The van der Waals surface area contributed by atoms with Crippen LogP contribution in [0.5, 0.6) is 0 Å². The number of esters is 1. The second-order valence-electron chi connectivity index (χ2n) is 5.80. The number of rotatable bonds is 6. The number of aryl methyl sites for hydroxylation is 1. The van der Waals surface area contributed by atoms with Crippen LogP contribution in [0.2, 0.25) is 10.2 Å². The summed E-state index contributed by atoms with van der Waals surface area (Å²) in [5.41, 5.74) is 6.81. The molecule has 1 atom stereocenters. The average Bonchev–Trinajstić information content (AvgIpc) is 2.88. The first kappa shape index (κ1) is 21.5. The molecule has 0 aliphatic heterocycles. The van der Waals surface area contributed by atoms with Crippen LogP contribution in [0.3, 0.4) is 0 Å². The average molecular weight is 425 g/mol. The van der Waals surface area contributed by atoms with E-state index in [2.05, 4.69) is 5.10 Å². The summed E-state index contributed by atoms with van der Waals surface area (Å²) >= 11 is 12.5. The number of primary amides is 1. The van der Waals surface area contributed by atoms with E-state index in [-0.39, 0.29) is 0 Å². The van der Waals surface area contributed by atoms with Crippen molar-refractivity contribution in [3.05, 3.63) is 57.3 Å². The number of aromatic nitrogens is 2. The Hall–Kier alpha value is -2.84. The van der Waals surface area contributed by atoms with Gasteiger partial charge in [0, 0.05) is 16.7 Å². The van der Waals surface area contributed by atoms with Crippen molar-refractivity contribution in [3.63, 3.8) is 0 Å². The van der Waals surface area contributed by atoms with Crippen molar-refractivity contribution in [2.24, 2.45) is 5.73 Å². The van der Waals surface area contributed by atoms with Gasteiger partial charge in [0.15, 0.2) is 6.10 Å². The quantitative estimate of drug-likeness (QED) is 0.545. The third-order valence-corrected chi connectivity index (χ3v) is 4.45. The number of benzene rings is 1. The number of amides is 3. The van der Waals surface area contributed by atoms with Crippen molar-refractivity contribution in [1.29, 1.82) is 0 Å². The number of hydrogen-bond donors (Lipinski definition) is 2. The van der Waals surface area contributed by atoms with E-state index in [0.29, 0.717) is 28.0 Å². The molecule has 8 nitrogen and oxygen atoms in total. The molecule has 0 aliphatic carbocycles. The molecule has 0 bridgehead atoms. The molecule has 1 unspecified atom stereocenters. The van der Waals surface area contributed by atoms with E-state index in [1.807, 2.05) is 23.5 Å². The third-order valence-electron chi connectivity index (χ3n) is 3.68. The Morgan fingerprint density at radius 3 is 2.64 bits per heavy atom. The first-order valence-corrected chi connectivity index (χ1v) is 8.90. The van der Waals surface area contributed by atoms with E-state index >= 15 is 0 Å². The SMILES string of the molecule is Cc1nn(Cc2ccccc2Cl)c(Cl)c1C=CC(=O)OC(C)C(=O)NC(N)=O. The van der Waals surface area contributed by atoms with Gasteiger partial charge in [0.1, 0.15) is 5.15 Å². The predicted molar refractivity (Wildman–Crippen MR) is 105 cm³/mol. The van der Waals surface area contributed by atoms with Gasteiger partial charge >= 0.3 is 12.0 Å². The van der Waals surface area contributed by atoms with Crippen LogP contribution in [0.25, 0.3) is 6.08 Å². The molecule has 0 aliphatic rings. The molecule has 3 N–H and O–H groups in total. The lowest BCUT2D eigenvalue weighted by atomic mass is 10.2. The molecular formula is C18H18Cl2N4O4. The fourth-order valence-corrected chi connectivity index (χ4v) is 2.78. The molecule has 1 heterocycles. The highest BCUT2D eigenvalue weighted by Gasteiger charge is 2.18. The second-order valence-corrected chi connectivity index (χ2v) is 6.57. The molecule has 3 amide bonds. The minimum Gasteiger partial charge on any atom is -0.449 e. The highest BCUT2D eigenvalue weighted by atomic mass is 35.5. The molecule has 28 heavy (non-hydrogen) atoms. The van der Waals surface area contributed by atoms with Gasteiger partial charge < -0.3 is 10.5 Å². The summed E-state index contributed by atoms with van der Waals surface area (Å²) in [4.78, 5) is 34.1. The highest BCUT2D eigenvalue weighted by Crippen LogP contribution is 2.24. The van der Waals surface area contributed by atoms with Gasteiger partial charge in [0.2, 0.25) is 0 Å². The van der Waals surface area contributed by atoms with Gasteiger partial charge in [-0.3, -0.25) is 10.1 Å². The van der Waals surface area contributed by atoms with Crippen molar-refractivity contribution in [1.82, 2.24) is 15.1 Å². The second kappa shape index (κ2) is 9.38. The number of carbonyl (C=O) groups is 3. The van der Waals surface area contributed by atoms with Crippen molar-refractivity contribution in [3.8, 4) is 0 Å². The maximum absolute atomic E-state index is 11.9. The topological polar surface area (TPSA) is 116 Å². The van der Waals surface area contributed by atoms with Crippen LogP contribution < -0.4 is 11.1 Å². The zero-order chi connectivity index (χ0) is 20.8. The van der Waals surface area contributed by atoms with Crippen molar-refractivity contribution < 1.29 is 19.1 Å².